The van der Waals surface area contributed by atoms with Crippen LogP contribution >= 0.6 is 15.9 Å². The fourth-order valence-electron chi connectivity index (χ4n) is 2.39. The fourth-order valence-corrected chi connectivity index (χ4v) is 2.77. The van der Waals surface area contributed by atoms with Gasteiger partial charge in [-0.2, -0.15) is 0 Å². The first-order valence-electron chi connectivity index (χ1n) is 7.64. The van der Waals surface area contributed by atoms with Crippen molar-refractivity contribution in [1.82, 2.24) is 0 Å². The average Bonchev–Trinajstić information content (AvgIpc) is 2.55. The summed E-state index contributed by atoms with van der Waals surface area (Å²) in [6, 6.07) is 16.0. The molecule has 3 rings (SSSR count). The van der Waals surface area contributed by atoms with Crippen molar-refractivity contribution in [1.29, 1.82) is 0 Å². The molecule has 1 heterocycles. The molecule has 4 heteroatoms. The predicted octanol–water partition coefficient (Wildman–Crippen LogP) is 3.62. The Labute approximate surface area is 146 Å². The Morgan fingerprint density at radius 1 is 0.913 bits per heavy atom. The first kappa shape index (κ1) is 16.3. The van der Waals surface area contributed by atoms with Gasteiger partial charge in [-0.1, -0.05) is 56.0 Å². The zero-order chi connectivity index (χ0) is 16.3. The van der Waals surface area contributed by atoms with Gasteiger partial charge < -0.3 is 9.31 Å². The van der Waals surface area contributed by atoms with Crippen molar-refractivity contribution in [2.24, 2.45) is 5.41 Å². The van der Waals surface area contributed by atoms with Gasteiger partial charge in [-0.05, 0) is 39.6 Å². The van der Waals surface area contributed by atoms with Gasteiger partial charge in [0.05, 0.1) is 0 Å². The molecule has 1 aliphatic heterocycles. The standard InChI is InChI=1S/C19H18BBrO2/c1-19(2)13-22-20(23-14-19)17-9-5-3-7-15(17)11-12-16-8-4-6-10-18(16)21/h3-10H,13-14H2,1-2H3. The van der Waals surface area contributed by atoms with Crippen LogP contribution in [0.15, 0.2) is 53.0 Å². The third-order valence-electron chi connectivity index (χ3n) is 3.67. The van der Waals surface area contributed by atoms with Crippen LogP contribution in [0.2, 0.25) is 0 Å². The van der Waals surface area contributed by atoms with Crippen molar-refractivity contribution >= 4 is 28.5 Å². The molecule has 0 bridgehead atoms. The Kier molecular flexibility index (Phi) is 4.91. The summed E-state index contributed by atoms with van der Waals surface area (Å²) >= 11 is 3.53. The molecule has 0 radical (unpaired) electrons. The summed E-state index contributed by atoms with van der Waals surface area (Å²) in [5, 5.41) is 0. The molecule has 1 saturated heterocycles. The molecule has 0 saturated carbocycles. The van der Waals surface area contributed by atoms with Crippen LogP contribution in [0.1, 0.15) is 25.0 Å². The van der Waals surface area contributed by atoms with E-state index in [4.69, 9.17) is 9.31 Å². The second-order valence-corrected chi connectivity index (χ2v) is 7.29. The molecule has 0 unspecified atom stereocenters. The van der Waals surface area contributed by atoms with Crippen LogP contribution in [-0.2, 0) is 9.31 Å². The lowest BCUT2D eigenvalue weighted by Gasteiger charge is -2.33. The molecule has 23 heavy (non-hydrogen) atoms. The monoisotopic (exact) mass is 368 g/mol. The lowest BCUT2D eigenvalue weighted by atomic mass is 9.73. The molecule has 2 aromatic carbocycles. The van der Waals surface area contributed by atoms with E-state index in [1.807, 2.05) is 48.5 Å². The third-order valence-corrected chi connectivity index (χ3v) is 4.36. The largest absolute Gasteiger partial charge is 0.495 e. The Morgan fingerprint density at radius 2 is 1.48 bits per heavy atom. The van der Waals surface area contributed by atoms with E-state index < -0.39 is 0 Å². The minimum Gasteiger partial charge on any atom is -0.407 e. The zero-order valence-corrected chi connectivity index (χ0v) is 14.9. The van der Waals surface area contributed by atoms with E-state index in [9.17, 15) is 0 Å². The quantitative estimate of drug-likeness (QED) is 0.565. The number of rotatable bonds is 1. The molecular weight excluding hydrogens is 351 g/mol. The Balaban J connectivity index is 1.87. The summed E-state index contributed by atoms with van der Waals surface area (Å²) in [6.07, 6.45) is 0. The number of hydrogen-bond acceptors (Lipinski definition) is 2. The van der Waals surface area contributed by atoms with E-state index in [0.29, 0.717) is 13.2 Å². The van der Waals surface area contributed by atoms with E-state index in [1.54, 1.807) is 0 Å². The number of halogens is 1. The molecule has 0 aromatic heterocycles. The lowest BCUT2D eigenvalue weighted by molar-refractivity contribution is 0.0343. The average molecular weight is 369 g/mol. The Hall–Kier alpha value is -1.54. The first-order chi connectivity index (χ1) is 11.1. The third kappa shape index (κ3) is 4.06. The summed E-state index contributed by atoms with van der Waals surface area (Å²) in [7, 11) is -0.340. The minimum absolute atomic E-state index is 0.0615. The highest BCUT2D eigenvalue weighted by Gasteiger charge is 2.34. The SMILES string of the molecule is CC1(C)COB(c2ccccc2C#Cc2ccccc2Br)OC1. The van der Waals surface area contributed by atoms with Crippen molar-refractivity contribution in [2.75, 3.05) is 13.2 Å². The van der Waals surface area contributed by atoms with Crippen molar-refractivity contribution in [3.05, 3.63) is 64.1 Å². The van der Waals surface area contributed by atoms with Gasteiger partial charge >= 0.3 is 7.12 Å². The van der Waals surface area contributed by atoms with Gasteiger partial charge in [0.1, 0.15) is 0 Å². The van der Waals surface area contributed by atoms with E-state index in [1.165, 1.54) is 0 Å². The molecule has 2 aromatic rings. The van der Waals surface area contributed by atoms with Crippen LogP contribution in [0, 0.1) is 17.3 Å². The smallest absolute Gasteiger partial charge is 0.407 e. The Bertz CT molecular complexity index is 751. The van der Waals surface area contributed by atoms with Crippen LogP contribution in [0.5, 0.6) is 0 Å². The molecule has 0 N–H and O–H groups in total. The predicted molar refractivity (Wildman–Crippen MR) is 97.6 cm³/mol. The summed E-state index contributed by atoms with van der Waals surface area (Å²) in [5.41, 5.74) is 2.95. The highest BCUT2D eigenvalue weighted by Crippen LogP contribution is 2.21. The van der Waals surface area contributed by atoms with Crippen molar-refractivity contribution in [3.63, 3.8) is 0 Å². The molecule has 2 nitrogen and oxygen atoms in total. The molecule has 1 fully saturated rings. The normalized spacial score (nSPS) is 16.6. The van der Waals surface area contributed by atoms with Crippen LogP contribution < -0.4 is 5.46 Å². The molecule has 0 atom stereocenters. The minimum atomic E-state index is -0.340. The van der Waals surface area contributed by atoms with Crippen molar-refractivity contribution < 1.29 is 9.31 Å². The van der Waals surface area contributed by atoms with Gasteiger partial charge in [-0.3, -0.25) is 0 Å². The second kappa shape index (κ2) is 6.92. The van der Waals surface area contributed by atoms with E-state index in [2.05, 4.69) is 41.6 Å². The highest BCUT2D eigenvalue weighted by molar-refractivity contribution is 9.10. The van der Waals surface area contributed by atoms with Crippen LogP contribution in [0.25, 0.3) is 0 Å². The summed E-state index contributed by atoms with van der Waals surface area (Å²) in [4.78, 5) is 0. The summed E-state index contributed by atoms with van der Waals surface area (Å²) < 4.78 is 12.8. The number of benzene rings is 2. The second-order valence-electron chi connectivity index (χ2n) is 6.44. The lowest BCUT2D eigenvalue weighted by Crippen LogP contribution is -2.48. The van der Waals surface area contributed by atoms with Gasteiger partial charge in [-0.15, -0.1) is 0 Å². The molecule has 1 aliphatic rings. The van der Waals surface area contributed by atoms with E-state index in [0.717, 1.165) is 21.1 Å². The Morgan fingerprint density at radius 3 is 2.17 bits per heavy atom. The summed E-state index contributed by atoms with van der Waals surface area (Å²) in [6.45, 7) is 5.65. The molecule has 0 amide bonds. The molecule has 0 spiro atoms. The maximum Gasteiger partial charge on any atom is 0.495 e. The van der Waals surface area contributed by atoms with Crippen molar-refractivity contribution in [3.8, 4) is 11.8 Å². The van der Waals surface area contributed by atoms with Gasteiger partial charge in [0.2, 0.25) is 0 Å². The van der Waals surface area contributed by atoms with Gasteiger partial charge in [0.25, 0.3) is 0 Å². The maximum atomic E-state index is 5.90. The first-order valence-corrected chi connectivity index (χ1v) is 8.43. The molecule has 0 aliphatic carbocycles. The van der Waals surface area contributed by atoms with Crippen LogP contribution in [0.4, 0.5) is 0 Å². The maximum absolute atomic E-state index is 5.90. The number of hydrogen-bond donors (Lipinski definition) is 0. The fraction of sp³-hybridized carbons (Fsp3) is 0.263. The van der Waals surface area contributed by atoms with E-state index >= 15 is 0 Å². The topological polar surface area (TPSA) is 18.5 Å². The molecule has 116 valence electrons. The highest BCUT2D eigenvalue weighted by atomic mass is 79.9. The summed E-state index contributed by atoms with van der Waals surface area (Å²) in [5.74, 6) is 6.47. The van der Waals surface area contributed by atoms with Gasteiger partial charge in [0, 0.05) is 34.2 Å². The zero-order valence-electron chi connectivity index (χ0n) is 13.3. The van der Waals surface area contributed by atoms with E-state index in [-0.39, 0.29) is 12.5 Å². The van der Waals surface area contributed by atoms with Crippen molar-refractivity contribution in [2.45, 2.75) is 13.8 Å². The van der Waals surface area contributed by atoms with Crippen LogP contribution in [-0.4, -0.2) is 20.3 Å². The van der Waals surface area contributed by atoms with Crippen LogP contribution in [0.3, 0.4) is 0 Å². The van der Waals surface area contributed by atoms with Gasteiger partial charge in [-0.25, -0.2) is 0 Å². The van der Waals surface area contributed by atoms with Gasteiger partial charge in [0.15, 0.2) is 0 Å². The molecular formula is C19H18BBrO2.